The van der Waals surface area contributed by atoms with Crippen molar-refractivity contribution in [3.8, 4) is 5.75 Å². The topological polar surface area (TPSA) is 63.2 Å². The molecule has 6 nitrogen and oxygen atoms in total. The predicted octanol–water partition coefficient (Wildman–Crippen LogP) is 3.87. The Bertz CT molecular complexity index is 885. The number of aryl methyl sites for hydroxylation is 1. The van der Waals surface area contributed by atoms with Crippen LogP contribution in [-0.4, -0.2) is 44.5 Å². The van der Waals surface area contributed by atoms with Crippen LogP contribution in [0.5, 0.6) is 5.75 Å². The van der Waals surface area contributed by atoms with Crippen LogP contribution in [0.1, 0.15) is 43.4 Å². The molecule has 3 rings (SSSR count). The van der Waals surface area contributed by atoms with Gasteiger partial charge in [0.25, 0.3) is 5.91 Å². The number of morpholine rings is 1. The number of ether oxygens (including phenoxy) is 2. The summed E-state index contributed by atoms with van der Waals surface area (Å²) in [6.07, 6.45) is 0. The van der Waals surface area contributed by atoms with Crippen LogP contribution < -0.4 is 15.1 Å². The van der Waals surface area contributed by atoms with Gasteiger partial charge in [0.15, 0.2) is 6.61 Å². The Kier molecular flexibility index (Phi) is 7.46. The van der Waals surface area contributed by atoms with Crippen LogP contribution in [0.2, 0.25) is 0 Å². The maximum Gasteiger partial charge on any atom is 0.277 e. The van der Waals surface area contributed by atoms with E-state index in [1.807, 2.05) is 32.0 Å². The van der Waals surface area contributed by atoms with Crippen LogP contribution in [0.3, 0.4) is 0 Å². The van der Waals surface area contributed by atoms with E-state index >= 15 is 0 Å². The molecule has 1 saturated heterocycles. The fraction of sp³-hybridized carbons (Fsp3) is 0.417. The van der Waals surface area contributed by atoms with Crippen molar-refractivity contribution in [3.05, 3.63) is 59.2 Å². The van der Waals surface area contributed by atoms with Crippen LogP contribution in [0.4, 0.5) is 5.69 Å². The fourth-order valence-electron chi connectivity index (χ4n) is 3.36. The van der Waals surface area contributed by atoms with Crippen molar-refractivity contribution in [3.63, 3.8) is 0 Å². The third-order valence-corrected chi connectivity index (χ3v) is 5.16. The number of benzene rings is 2. The first-order valence-corrected chi connectivity index (χ1v) is 10.4. The Balaban J connectivity index is 1.55. The van der Waals surface area contributed by atoms with Gasteiger partial charge in [-0.3, -0.25) is 4.79 Å². The van der Waals surface area contributed by atoms with Gasteiger partial charge in [-0.2, -0.15) is 5.10 Å². The molecule has 0 atom stereocenters. The Morgan fingerprint density at radius 3 is 2.53 bits per heavy atom. The first-order valence-electron chi connectivity index (χ1n) is 10.4. The van der Waals surface area contributed by atoms with E-state index in [0.717, 1.165) is 54.5 Å². The summed E-state index contributed by atoms with van der Waals surface area (Å²) in [6, 6.07) is 14.3. The smallest absolute Gasteiger partial charge is 0.277 e. The molecule has 1 aliphatic rings. The lowest BCUT2D eigenvalue weighted by atomic mass is 10.0. The lowest BCUT2D eigenvalue weighted by Gasteiger charge is -2.28. The molecule has 2 aromatic rings. The van der Waals surface area contributed by atoms with Crippen LogP contribution in [0.15, 0.2) is 47.6 Å². The molecule has 1 amide bonds. The van der Waals surface area contributed by atoms with Gasteiger partial charge in [-0.15, -0.1) is 0 Å². The van der Waals surface area contributed by atoms with E-state index in [-0.39, 0.29) is 12.5 Å². The van der Waals surface area contributed by atoms with Crippen LogP contribution >= 0.6 is 0 Å². The number of nitrogens with zero attached hydrogens (tertiary/aromatic N) is 2. The van der Waals surface area contributed by atoms with Crippen molar-refractivity contribution in [2.45, 2.75) is 33.6 Å². The molecule has 0 bridgehead atoms. The second-order valence-electron chi connectivity index (χ2n) is 7.86. The molecule has 6 heteroatoms. The number of anilines is 1. The molecule has 2 aromatic carbocycles. The van der Waals surface area contributed by atoms with Gasteiger partial charge in [-0.1, -0.05) is 38.1 Å². The largest absolute Gasteiger partial charge is 0.483 e. The quantitative estimate of drug-likeness (QED) is 0.557. The van der Waals surface area contributed by atoms with Gasteiger partial charge in [0, 0.05) is 18.8 Å². The highest BCUT2D eigenvalue weighted by atomic mass is 16.5. The lowest BCUT2D eigenvalue weighted by Crippen LogP contribution is -2.36. The van der Waals surface area contributed by atoms with Gasteiger partial charge < -0.3 is 14.4 Å². The maximum atomic E-state index is 12.2. The minimum Gasteiger partial charge on any atom is -0.483 e. The summed E-state index contributed by atoms with van der Waals surface area (Å²) in [5.74, 6) is 0.791. The van der Waals surface area contributed by atoms with E-state index in [1.54, 1.807) is 0 Å². The number of amides is 1. The molecule has 0 unspecified atom stereocenters. The summed E-state index contributed by atoms with van der Waals surface area (Å²) in [6.45, 7) is 11.4. The monoisotopic (exact) mass is 409 g/mol. The van der Waals surface area contributed by atoms with E-state index in [0.29, 0.717) is 5.92 Å². The number of hydrogen-bond acceptors (Lipinski definition) is 5. The van der Waals surface area contributed by atoms with Crippen molar-refractivity contribution in [2.75, 3.05) is 37.8 Å². The highest BCUT2D eigenvalue weighted by Gasteiger charge is 2.12. The lowest BCUT2D eigenvalue weighted by molar-refractivity contribution is -0.123. The molecule has 0 spiro atoms. The number of hydrazone groups is 1. The summed E-state index contributed by atoms with van der Waals surface area (Å²) in [7, 11) is 0. The molecular weight excluding hydrogens is 378 g/mol. The van der Waals surface area contributed by atoms with E-state index in [2.05, 4.69) is 53.5 Å². The van der Waals surface area contributed by atoms with Crippen molar-refractivity contribution < 1.29 is 14.3 Å². The fourth-order valence-corrected chi connectivity index (χ4v) is 3.36. The molecule has 0 aliphatic carbocycles. The maximum absolute atomic E-state index is 12.2. The molecular formula is C24H31N3O3. The average Bonchev–Trinajstić information content (AvgIpc) is 2.76. The zero-order chi connectivity index (χ0) is 21.5. The van der Waals surface area contributed by atoms with Crippen LogP contribution in [-0.2, 0) is 9.53 Å². The van der Waals surface area contributed by atoms with Crippen molar-refractivity contribution in [1.29, 1.82) is 0 Å². The van der Waals surface area contributed by atoms with E-state index in [1.165, 1.54) is 5.69 Å². The summed E-state index contributed by atoms with van der Waals surface area (Å²) < 4.78 is 11.2. The zero-order valence-electron chi connectivity index (χ0n) is 18.3. The van der Waals surface area contributed by atoms with Crippen molar-refractivity contribution >= 4 is 17.3 Å². The Hall–Kier alpha value is -2.86. The summed E-state index contributed by atoms with van der Waals surface area (Å²) in [4.78, 5) is 14.5. The minimum atomic E-state index is -0.282. The molecule has 1 fully saturated rings. The number of carbonyl (C=O) groups is 1. The van der Waals surface area contributed by atoms with Gasteiger partial charge in [0.2, 0.25) is 0 Å². The van der Waals surface area contributed by atoms with Crippen molar-refractivity contribution in [1.82, 2.24) is 5.43 Å². The summed E-state index contributed by atoms with van der Waals surface area (Å²) >= 11 is 0. The SMILES string of the molecule is C/C(=N\NC(=O)COc1cc(C)ccc1C(C)C)c1ccc(N2CCOCC2)cc1. The molecule has 1 heterocycles. The van der Waals surface area contributed by atoms with Crippen molar-refractivity contribution in [2.24, 2.45) is 5.10 Å². The molecule has 0 radical (unpaired) electrons. The van der Waals surface area contributed by atoms with Gasteiger partial charge >= 0.3 is 0 Å². The van der Waals surface area contributed by atoms with E-state index in [4.69, 9.17) is 9.47 Å². The third-order valence-electron chi connectivity index (χ3n) is 5.16. The molecule has 1 N–H and O–H groups in total. The minimum absolute atomic E-state index is 0.0735. The van der Waals surface area contributed by atoms with Crippen LogP contribution in [0, 0.1) is 6.92 Å². The molecule has 160 valence electrons. The van der Waals surface area contributed by atoms with E-state index in [9.17, 15) is 4.79 Å². The second kappa shape index (κ2) is 10.3. The Morgan fingerprint density at radius 2 is 1.87 bits per heavy atom. The molecule has 0 saturated carbocycles. The highest BCUT2D eigenvalue weighted by Crippen LogP contribution is 2.27. The first kappa shape index (κ1) is 21.8. The first-order chi connectivity index (χ1) is 14.4. The Morgan fingerprint density at radius 1 is 1.17 bits per heavy atom. The Labute approximate surface area is 178 Å². The van der Waals surface area contributed by atoms with Crippen LogP contribution in [0.25, 0.3) is 0 Å². The molecule has 30 heavy (non-hydrogen) atoms. The third kappa shape index (κ3) is 5.83. The second-order valence-corrected chi connectivity index (χ2v) is 7.86. The normalized spacial score (nSPS) is 14.7. The van der Waals surface area contributed by atoms with E-state index < -0.39 is 0 Å². The van der Waals surface area contributed by atoms with Gasteiger partial charge in [0.05, 0.1) is 18.9 Å². The standard InChI is InChI=1S/C24H31N3O3/c1-17(2)22-10-5-18(3)15-23(22)30-16-24(28)26-25-19(4)20-6-8-21(9-7-20)27-11-13-29-14-12-27/h5-10,15,17H,11-14,16H2,1-4H3,(H,26,28)/b25-19+. The zero-order valence-corrected chi connectivity index (χ0v) is 18.3. The molecule has 1 aliphatic heterocycles. The predicted molar refractivity (Wildman–Crippen MR) is 121 cm³/mol. The summed E-state index contributed by atoms with van der Waals surface area (Å²) in [5, 5.41) is 4.23. The van der Waals surface area contributed by atoms with Gasteiger partial charge in [0.1, 0.15) is 5.75 Å². The number of nitrogens with one attached hydrogen (secondary N) is 1. The highest BCUT2D eigenvalue weighted by molar-refractivity contribution is 5.99. The summed E-state index contributed by atoms with van der Waals surface area (Å²) in [5.41, 5.74) is 7.67. The van der Waals surface area contributed by atoms with Gasteiger partial charge in [-0.25, -0.2) is 5.43 Å². The number of carbonyl (C=O) groups excluding carboxylic acids is 1. The number of rotatable bonds is 7. The average molecular weight is 410 g/mol. The molecule has 0 aromatic heterocycles. The van der Waals surface area contributed by atoms with Gasteiger partial charge in [-0.05, 0) is 54.7 Å². The number of hydrogen-bond donors (Lipinski definition) is 1.